The molecule has 1 amide bonds. The molecule has 0 aromatic heterocycles. The van der Waals surface area contributed by atoms with E-state index in [1.807, 2.05) is 12.1 Å². The van der Waals surface area contributed by atoms with Gasteiger partial charge in [-0.3, -0.25) is 14.6 Å². The van der Waals surface area contributed by atoms with Crippen LogP contribution in [0.3, 0.4) is 0 Å². The minimum absolute atomic E-state index is 0.205. The van der Waals surface area contributed by atoms with E-state index in [-0.39, 0.29) is 11.4 Å². The molecule has 0 atom stereocenters. The predicted octanol–water partition coefficient (Wildman–Crippen LogP) is 1.60. The largest absolute Gasteiger partial charge is 0.378 e. The van der Waals surface area contributed by atoms with Crippen molar-refractivity contribution in [2.24, 2.45) is 0 Å². The Morgan fingerprint density at radius 3 is 2.48 bits per heavy atom. The highest BCUT2D eigenvalue weighted by molar-refractivity contribution is 5.86. The van der Waals surface area contributed by atoms with Crippen molar-refractivity contribution in [2.45, 2.75) is 50.8 Å². The number of carbonyl (C=O) groups is 1. The number of likely N-dealkylation sites (tertiary alicyclic amines) is 1. The van der Waals surface area contributed by atoms with Crippen LogP contribution in [0.2, 0.25) is 0 Å². The minimum Gasteiger partial charge on any atom is -0.378 e. The van der Waals surface area contributed by atoms with Crippen LogP contribution in [-0.4, -0.2) is 65.2 Å². The summed E-state index contributed by atoms with van der Waals surface area (Å²) in [6.07, 6.45) is 2.78. The summed E-state index contributed by atoms with van der Waals surface area (Å²) < 4.78 is 0. The minimum atomic E-state index is -0.972. The average molecular weight is 370 g/mol. The summed E-state index contributed by atoms with van der Waals surface area (Å²) in [7, 11) is 2.09. The van der Waals surface area contributed by atoms with Crippen LogP contribution in [0.15, 0.2) is 24.3 Å². The first kappa shape index (κ1) is 19.9. The second kappa shape index (κ2) is 8.02. The van der Waals surface area contributed by atoms with Gasteiger partial charge in [0.2, 0.25) is 5.91 Å². The maximum atomic E-state index is 12.6. The number of aliphatic hydroxyl groups is 1. The summed E-state index contributed by atoms with van der Waals surface area (Å²) in [5.41, 5.74) is 0.859. The second-order valence-corrected chi connectivity index (χ2v) is 8.34. The van der Waals surface area contributed by atoms with E-state index in [1.165, 1.54) is 5.56 Å². The monoisotopic (exact) mass is 369 g/mol. The molecule has 2 aliphatic rings. The Balaban J connectivity index is 1.59. The van der Waals surface area contributed by atoms with Gasteiger partial charge < -0.3 is 10.4 Å². The van der Waals surface area contributed by atoms with Crippen molar-refractivity contribution in [1.82, 2.24) is 15.1 Å². The molecular weight excluding hydrogens is 338 g/mol. The van der Waals surface area contributed by atoms with Crippen LogP contribution in [0.1, 0.15) is 44.2 Å². The normalized spacial score (nSPS) is 21.3. The maximum absolute atomic E-state index is 12.6. The molecule has 0 bridgehead atoms. The number of nitrogens with zero attached hydrogens (tertiary/aromatic N) is 2. The lowest BCUT2D eigenvalue weighted by molar-refractivity contribution is -0.134. The zero-order chi connectivity index (χ0) is 19.5. The van der Waals surface area contributed by atoms with Gasteiger partial charge in [0.25, 0.3) is 0 Å². The first-order chi connectivity index (χ1) is 12.8. The number of carbonyl (C=O) groups excluding carboxylic acids is 1. The summed E-state index contributed by atoms with van der Waals surface area (Å²) in [5, 5.41) is 12.8. The highest BCUT2D eigenvalue weighted by atomic mass is 16.3. The highest BCUT2D eigenvalue weighted by Gasteiger charge is 2.45. The quantitative estimate of drug-likeness (QED) is 0.778. The van der Waals surface area contributed by atoms with Crippen molar-refractivity contribution in [3.8, 4) is 11.8 Å². The number of piperidine rings is 1. The van der Waals surface area contributed by atoms with Crippen LogP contribution < -0.4 is 5.32 Å². The molecule has 27 heavy (non-hydrogen) atoms. The molecule has 0 aliphatic carbocycles. The van der Waals surface area contributed by atoms with Crippen molar-refractivity contribution < 1.29 is 9.90 Å². The lowest BCUT2D eigenvalue weighted by atomic mass is 9.85. The van der Waals surface area contributed by atoms with Crippen LogP contribution in [-0.2, 0) is 11.3 Å². The predicted molar refractivity (Wildman–Crippen MR) is 107 cm³/mol. The molecule has 1 aromatic rings. The van der Waals surface area contributed by atoms with Crippen LogP contribution in [0.25, 0.3) is 0 Å². The molecule has 3 rings (SSSR count). The molecule has 1 aromatic carbocycles. The molecule has 5 heteroatoms. The number of benzene rings is 1. The molecule has 2 aliphatic heterocycles. The first-order valence-corrected chi connectivity index (χ1v) is 9.85. The van der Waals surface area contributed by atoms with Crippen LogP contribution in [0, 0.1) is 11.8 Å². The van der Waals surface area contributed by atoms with Gasteiger partial charge in [0, 0.05) is 38.3 Å². The van der Waals surface area contributed by atoms with E-state index < -0.39 is 5.60 Å². The van der Waals surface area contributed by atoms with Gasteiger partial charge in [0.05, 0.1) is 0 Å². The molecule has 146 valence electrons. The average Bonchev–Trinajstić information content (AvgIpc) is 2.76. The van der Waals surface area contributed by atoms with E-state index in [1.54, 1.807) is 13.8 Å². The Morgan fingerprint density at radius 2 is 1.85 bits per heavy atom. The second-order valence-electron chi connectivity index (χ2n) is 8.34. The van der Waals surface area contributed by atoms with Crippen LogP contribution >= 0.6 is 0 Å². The lowest BCUT2D eigenvalue weighted by Gasteiger charge is -2.45. The van der Waals surface area contributed by atoms with E-state index in [4.69, 9.17) is 0 Å². The standard InChI is InChI=1S/C22H31N3O2/c1-21(2,27)10-9-18-5-7-19(8-6-18)17-25-15-11-22(12-16-25)20(26)23-13-4-14-24(22)3/h5-8,27H,4,11-17H2,1-3H3,(H,23,26). The molecule has 5 nitrogen and oxygen atoms in total. The van der Waals surface area contributed by atoms with Crippen molar-refractivity contribution in [2.75, 3.05) is 33.2 Å². The molecule has 0 saturated carbocycles. The van der Waals surface area contributed by atoms with Gasteiger partial charge in [0.1, 0.15) is 11.1 Å². The Morgan fingerprint density at radius 1 is 1.19 bits per heavy atom. The number of amides is 1. The van der Waals surface area contributed by atoms with Crippen LogP contribution in [0.5, 0.6) is 0 Å². The fourth-order valence-electron chi connectivity index (χ4n) is 3.94. The van der Waals surface area contributed by atoms with Gasteiger partial charge in [-0.25, -0.2) is 0 Å². The third-order valence-corrected chi connectivity index (χ3v) is 5.67. The summed E-state index contributed by atoms with van der Waals surface area (Å²) in [6, 6.07) is 8.21. The summed E-state index contributed by atoms with van der Waals surface area (Å²) in [6.45, 7) is 7.88. The Bertz CT molecular complexity index is 717. The van der Waals surface area contributed by atoms with E-state index in [0.717, 1.165) is 57.5 Å². The smallest absolute Gasteiger partial charge is 0.240 e. The molecule has 2 fully saturated rings. The van der Waals surface area contributed by atoms with Crippen molar-refractivity contribution in [1.29, 1.82) is 0 Å². The first-order valence-electron chi connectivity index (χ1n) is 9.85. The molecule has 0 radical (unpaired) electrons. The molecule has 0 unspecified atom stereocenters. The van der Waals surface area contributed by atoms with E-state index in [9.17, 15) is 9.90 Å². The third-order valence-electron chi connectivity index (χ3n) is 5.67. The molecule has 1 spiro atoms. The summed E-state index contributed by atoms with van der Waals surface area (Å²) in [5.74, 6) is 6.05. The van der Waals surface area contributed by atoms with Gasteiger partial charge in [-0.2, -0.15) is 0 Å². The summed E-state index contributed by atoms with van der Waals surface area (Å²) in [4.78, 5) is 17.3. The molecular formula is C22H31N3O2. The van der Waals surface area contributed by atoms with Crippen molar-refractivity contribution in [3.63, 3.8) is 0 Å². The summed E-state index contributed by atoms with van der Waals surface area (Å²) >= 11 is 0. The molecule has 2 N–H and O–H groups in total. The third kappa shape index (κ3) is 4.90. The van der Waals surface area contributed by atoms with Gasteiger partial charge in [0.15, 0.2) is 0 Å². The SMILES string of the molecule is CN1CCCNC(=O)C12CCN(Cc1ccc(C#CC(C)(C)O)cc1)CC2. The fourth-order valence-corrected chi connectivity index (χ4v) is 3.94. The van der Waals surface area contributed by atoms with E-state index >= 15 is 0 Å². The lowest BCUT2D eigenvalue weighted by Crippen LogP contribution is -2.60. The van der Waals surface area contributed by atoms with Gasteiger partial charge in [-0.1, -0.05) is 24.0 Å². The highest BCUT2D eigenvalue weighted by Crippen LogP contribution is 2.30. The van der Waals surface area contributed by atoms with Gasteiger partial charge >= 0.3 is 0 Å². The van der Waals surface area contributed by atoms with E-state index in [0.29, 0.717) is 0 Å². The number of nitrogens with one attached hydrogen (secondary N) is 1. The maximum Gasteiger partial charge on any atom is 0.240 e. The van der Waals surface area contributed by atoms with Crippen LogP contribution in [0.4, 0.5) is 0 Å². The number of hydrogen-bond acceptors (Lipinski definition) is 4. The number of likely N-dealkylation sites (N-methyl/N-ethyl adjacent to an activating group) is 1. The fraction of sp³-hybridized carbons (Fsp3) is 0.591. The van der Waals surface area contributed by atoms with Gasteiger partial charge in [-0.15, -0.1) is 0 Å². The molecule has 2 heterocycles. The Hall–Kier alpha value is -1.87. The topological polar surface area (TPSA) is 55.8 Å². The number of rotatable bonds is 2. The number of hydrogen-bond donors (Lipinski definition) is 2. The van der Waals surface area contributed by atoms with Crippen molar-refractivity contribution in [3.05, 3.63) is 35.4 Å². The zero-order valence-electron chi connectivity index (χ0n) is 16.7. The van der Waals surface area contributed by atoms with E-state index in [2.05, 4.69) is 46.1 Å². The Kier molecular flexibility index (Phi) is 5.90. The molecule has 2 saturated heterocycles. The van der Waals surface area contributed by atoms with Crippen molar-refractivity contribution >= 4 is 5.91 Å². The van der Waals surface area contributed by atoms with Gasteiger partial charge in [-0.05, 0) is 57.9 Å². The zero-order valence-corrected chi connectivity index (χ0v) is 16.7. The Labute approximate surface area is 162 Å².